The van der Waals surface area contributed by atoms with Gasteiger partial charge in [0.1, 0.15) is 0 Å². The molecule has 3 fully saturated rings. The van der Waals surface area contributed by atoms with Crippen LogP contribution in [0.2, 0.25) is 0 Å². The number of nitrogens with zero attached hydrogens (tertiary/aromatic N) is 1. The molecule has 2 saturated carbocycles. The number of likely N-dealkylation sites (tertiary alicyclic amines) is 1. The molecule has 1 aliphatic heterocycles. The highest BCUT2D eigenvalue weighted by Crippen LogP contribution is 2.65. The third-order valence-electron chi connectivity index (χ3n) is 8.14. The number of piperidine rings is 1. The monoisotopic (exact) mass is 518 g/mol. The van der Waals surface area contributed by atoms with E-state index in [1.54, 1.807) is 0 Å². The maximum atomic E-state index is 11.5. The lowest BCUT2D eigenvalue weighted by Gasteiger charge is -2.46. The zero-order chi connectivity index (χ0) is 22.7. The third-order valence-corrected chi connectivity index (χ3v) is 9.40. The fraction of sp³-hybridized carbons (Fsp3) is 0.520. The van der Waals surface area contributed by atoms with Gasteiger partial charge >= 0.3 is 0 Å². The maximum absolute atomic E-state index is 11.5. The Kier molecular flexibility index (Phi) is 5.57. The molecule has 7 heteroatoms. The fourth-order valence-electron chi connectivity index (χ4n) is 6.66. The van der Waals surface area contributed by atoms with Crippen LogP contribution >= 0.6 is 15.9 Å². The molecule has 1 heterocycles. The molecule has 2 atom stereocenters. The molecule has 0 radical (unpaired) electrons. The van der Waals surface area contributed by atoms with Gasteiger partial charge in [0.25, 0.3) is 0 Å². The van der Waals surface area contributed by atoms with Crippen LogP contribution in [-0.4, -0.2) is 43.7 Å². The van der Waals surface area contributed by atoms with Crippen LogP contribution in [-0.2, 0) is 21.2 Å². The second-order valence-corrected chi connectivity index (χ2v) is 12.7. The highest BCUT2D eigenvalue weighted by molar-refractivity contribution is 9.10. The molecule has 0 amide bonds. The molecule has 2 aliphatic carbocycles. The predicted octanol–water partition coefficient (Wildman–Crippen LogP) is 3.76. The first-order chi connectivity index (χ1) is 15.1. The van der Waals surface area contributed by atoms with E-state index >= 15 is 0 Å². The van der Waals surface area contributed by atoms with E-state index in [4.69, 9.17) is 5.14 Å². The zero-order valence-corrected chi connectivity index (χ0v) is 20.8. The van der Waals surface area contributed by atoms with Gasteiger partial charge in [0.2, 0.25) is 10.0 Å². The van der Waals surface area contributed by atoms with Crippen molar-refractivity contribution in [3.63, 3.8) is 0 Å². The normalized spacial score (nSPS) is 34.2. The Morgan fingerprint density at radius 3 is 2.38 bits per heavy atom. The molecule has 5 rings (SSSR count). The molecule has 2 aromatic carbocycles. The molecule has 2 unspecified atom stereocenters. The smallest absolute Gasteiger partial charge is 0.213 e. The Hall–Kier alpha value is -1.25. The first-order valence-corrected chi connectivity index (χ1v) is 13.9. The lowest BCUT2D eigenvalue weighted by atomic mass is 9.67. The quantitative estimate of drug-likeness (QED) is 0.584. The van der Waals surface area contributed by atoms with Crippen LogP contribution in [0.3, 0.4) is 0 Å². The van der Waals surface area contributed by atoms with E-state index in [1.165, 1.54) is 11.1 Å². The number of aliphatic hydroxyl groups is 1. The molecule has 0 aromatic heterocycles. The minimum absolute atomic E-state index is 0.116. The summed E-state index contributed by atoms with van der Waals surface area (Å²) in [6.45, 7) is 4.99. The predicted molar refractivity (Wildman–Crippen MR) is 130 cm³/mol. The van der Waals surface area contributed by atoms with Crippen molar-refractivity contribution >= 4 is 26.0 Å². The second kappa shape index (κ2) is 7.91. The maximum Gasteiger partial charge on any atom is 0.213 e. The minimum Gasteiger partial charge on any atom is -0.389 e. The molecule has 0 spiro atoms. The van der Waals surface area contributed by atoms with E-state index in [0.29, 0.717) is 17.8 Å². The van der Waals surface area contributed by atoms with Gasteiger partial charge in [-0.2, -0.15) is 0 Å². The molecule has 3 N–H and O–H groups in total. The Labute approximate surface area is 199 Å². The number of rotatable bonds is 7. The van der Waals surface area contributed by atoms with Gasteiger partial charge in [-0.1, -0.05) is 59.3 Å². The molecular weight excluding hydrogens is 488 g/mol. The fourth-order valence-corrected chi connectivity index (χ4v) is 7.57. The van der Waals surface area contributed by atoms with Gasteiger partial charge in [0.05, 0.1) is 11.4 Å². The van der Waals surface area contributed by atoms with E-state index in [-0.39, 0.29) is 11.2 Å². The van der Waals surface area contributed by atoms with Crippen LogP contribution in [0.5, 0.6) is 0 Å². The molecule has 172 valence electrons. The number of sulfonamides is 1. The van der Waals surface area contributed by atoms with Crippen LogP contribution in [0.25, 0.3) is 0 Å². The number of primary sulfonamides is 1. The van der Waals surface area contributed by atoms with Gasteiger partial charge in [0.15, 0.2) is 0 Å². The molecule has 3 aliphatic rings. The van der Waals surface area contributed by atoms with Gasteiger partial charge in [-0.3, -0.25) is 4.90 Å². The summed E-state index contributed by atoms with van der Waals surface area (Å²) in [4.78, 5) is 2.44. The SMILES string of the molecule is CCC1(c2cccc(CS(N)(=O)=O)c2)C2CN(CC3(O)CC(c4ccc(Br)cc4)C3)CC21. The number of β-amino-alcohol motifs (C(OH)–C–C–N with tert-alkyl or cyclic N) is 1. The summed E-state index contributed by atoms with van der Waals surface area (Å²) < 4.78 is 24.1. The summed E-state index contributed by atoms with van der Waals surface area (Å²) >= 11 is 3.49. The number of hydrogen-bond donors (Lipinski definition) is 2. The van der Waals surface area contributed by atoms with E-state index < -0.39 is 15.6 Å². The van der Waals surface area contributed by atoms with Gasteiger partial charge in [0, 0.05) is 29.5 Å². The van der Waals surface area contributed by atoms with Crippen molar-refractivity contribution in [1.29, 1.82) is 0 Å². The van der Waals surface area contributed by atoms with Crippen LogP contribution in [0.4, 0.5) is 0 Å². The lowest BCUT2D eigenvalue weighted by Crippen LogP contribution is -2.51. The summed E-state index contributed by atoms with van der Waals surface area (Å²) in [6, 6.07) is 16.4. The number of halogens is 1. The van der Waals surface area contributed by atoms with E-state index in [0.717, 1.165) is 48.9 Å². The second-order valence-electron chi connectivity index (χ2n) is 10.2. The van der Waals surface area contributed by atoms with Crippen LogP contribution in [0, 0.1) is 11.8 Å². The van der Waals surface area contributed by atoms with E-state index in [9.17, 15) is 13.5 Å². The molecule has 0 bridgehead atoms. The van der Waals surface area contributed by atoms with Gasteiger partial charge < -0.3 is 5.11 Å². The Balaban J connectivity index is 1.21. The number of fused-ring (bicyclic) bond motifs is 1. The van der Waals surface area contributed by atoms with E-state index in [1.807, 2.05) is 18.2 Å². The molecule has 32 heavy (non-hydrogen) atoms. The van der Waals surface area contributed by atoms with Crippen LogP contribution in [0.15, 0.2) is 53.0 Å². The summed E-state index contributed by atoms with van der Waals surface area (Å²) in [6.07, 6.45) is 2.70. The average Bonchev–Trinajstić information content (AvgIpc) is 3.09. The summed E-state index contributed by atoms with van der Waals surface area (Å²) in [5, 5.41) is 16.3. The van der Waals surface area contributed by atoms with Crippen molar-refractivity contribution in [3.05, 3.63) is 69.7 Å². The topological polar surface area (TPSA) is 83.6 Å². The van der Waals surface area contributed by atoms with Gasteiger partial charge in [-0.05, 0) is 65.8 Å². The summed E-state index contributed by atoms with van der Waals surface area (Å²) in [7, 11) is -3.54. The molecule has 5 nitrogen and oxygen atoms in total. The lowest BCUT2D eigenvalue weighted by molar-refractivity contribution is -0.0712. The Morgan fingerprint density at radius 2 is 1.78 bits per heavy atom. The summed E-state index contributed by atoms with van der Waals surface area (Å²) in [5.41, 5.74) is 2.87. The molecule has 1 saturated heterocycles. The van der Waals surface area contributed by atoms with Crippen molar-refractivity contribution in [1.82, 2.24) is 4.90 Å². The minimum atomic E-state index is -3.54. The number of benzene rings is 2. The number of hydrogen-bond acceptors (Lipinski definition) is 4. The van der Waals surface area contributed by atoms with Gasteiger partial charge in [-0.15, -0.1) is 0 Å². The largest absolute Gasteiger partial charge is 0.389 e. The first kappa shape index (κ1) is 22.5. The van der Waals surface area contributed by atoms with Gasteiger partial charge in [-0.25, -0.2) is 13.6 Å². The zero-order valence-electron chi connectivity index (χ0n) is 18.4. The Bertz CT molecular complexity index is 1100. The van der Waals surface area contributed by atoms with Crippen molar-refractivity contribution in [3.8, 4) is 0 Å². The molecular formula is C25H31BrN2O3S. The molecule has 2 aromatic rings. The van der Waals surface area contributed by atoms with Crippen molar-refractivity contribution in [2.45, 2.75) is 48.9 Å². The highest BCUT2D eigenvalue weighted by atomic mass is 79.9. The summed E-state index contributed by atoms with van der Waals surface area (Å²) in [5.74, 6) is 1.47. The first-order valence-electron chi connectivity index (χ1n) is 11.4. The highest BCUT2D eigenvalue weighted by Gasteiger charge is 2.67. The van der Waals surface area contributed by atoms with Crippen LogP contribution < -0.4 is 5.14 Å². The van der Waals surface area contributed by atoms with Crippen molar-refractivity contribution in [2.75, 3.05) is 19.6 Å². The average molecular weight is 520 g/mol. The Morgan fingerprint density at radius 1 is 1.12 bits per heavy atom. The van der Waals surface area contributed by atoms with E-state index in [2.05, 4.69) is 58.1 Å². The van der Waals surface area contributed by atoms with Crippen molar-refractivity contribution in [2.24, 2.45) is 17.0 Å². The third kappa shape index (κ3) is 4.07. The van der Waals surface area contributed by atoms with Crippen LogP contribution in [0.1, 0.15) is 48.8 Å². The van der Waals surface area contributed by atoms with Crippen molar-refractivity contribution < 1.29 is 13.5 Å². The number of nitrogens with two attached hydrogens (primary N) is 1. The standard InChI is InChI=1S/C25H31BrN2O3S/c1-2-25(20-5-3-4-17(10-20)15-32(27,30)31)22-13-28(14-23(22)25)16-24(29)11-19(12-24)18-6-8-21(26)9-7-18/h3-10,19,22-23,29H,2,11-16H2,1H3,(H2,27,30,31).